The van der Waals surface area contributed by atoms with Crippen molar-refractivity contribution in [1.29, 1.82) is 0 Å². The van der Waals surface area contributed by atoms with Gasteiger partial charge in [-0.2, -0.15) is 0 Å². The summed E-state index contributed by atoms with van der Waals surface area (Å²) in [4.78, 5) is 16.1. The van der Waals surface area contributed by atoms with Crippen molar-refractivity contribution >= 4 is 23.2 Å². The van der Waals surface area contributed by atoms with Gasteiger partial charge in [-0.3, -0.25) is 4.79 Å². The number of benzene rings is 2. The number of cyclic esters (lactones) is 1. The van der Waals surface area contributed by atoms with Gasteiger partial charge in [0.2, 0.25) is 5.90 Å². The van der Waals surface area contributed by atoms with Crippen LogP contribution in [0.5, 0.6) is 0 Å². The SMILES string of the molecule is Cc1ccc(N=C2OC(=O)CC2Nc2ccc(C)cc2)cc1. The molecule has 0 aliphatic carbocycles. The molecule has 3 rings (SSSR count). The number of aliphatic imine (C=N–C) groups is 1. The van der Waals surface area contributed by atoms with E-state index in [4.69, 9.17) is 4.74 Å². The zero-order valence-corrected chi connectivity index (χ0v) is 12.7. The third-order valence-corrected chi connectivity index (χ3v) is 3.55. The largest absolute Gasteiger partial charge is 0.409 e. The van der Waals surface area contributed by atoms with Crippen molar-refractivity contribution in [2.75, 3.05) is 5.32 Å². The summed E-state index contributed by atoms with van der Waals surface area (Å²) in [6.45, 7) is 4.06. The van der Waals surface area contributed by atoms with Gasteiger partial charge in [-0.25, -0.2) is 4.99 Å². The number of nitrogens with one attached hydrogen (secondary N) is 1. The van der Waals surface area contributed by atoms with Crippen molar-refractivity contribution in [3.8, 4) is 0 Å². The van der Waals surface area contributed by atoms with Crippen LogP contribution in [0.4, 0.5) is 11.4 Å². The summed E-state index contributed by atoms with van der Waals surface area (Å²) in [7, 11) is 0. The molecule has 22 heavy (non-hydrogen) atoms. The number of nitrogens with zero attached hydrogens (tertiary/aromatic N) is 1. The topological polar surface area (TPSA) is 50.7 Å². The average Bonchev–Trinajstić information content (AvgIpc) is 2.83. The highest BCUT2D eigenvalue weighted by atomic mass is 16.5. The van der Waals surface area contributed by atoms with Gasteiger partial charge in [0.25, 0.3) is 0 Å². The van der Waals surface area contributed by atoms with Gasteiger partial charge < -0.3 is 10.1 Å². The minimum atomic E-state index is -0.254. The van der Waals surface area contributed by atoms with Crippen molar-refractivity contribution < 1.29 is 9.53 Å². The third-order valence-electron chi connectivity index (χ3n) is 3.55. The van der Waals surface area contributed by atoms with Gasteiger partial charge in [0.1, 0.15) is 6.04 Å². The number of aryl methyl sites for hydroxylation is 2. The molecule has 1 heterocycles. The Kier molecular flexibility index (Phi) is 3.92. The van der Waals surface area contributed by atoms with E-state index >= 15 is 0 Å². The van der Waals surface area contributed by atoms with Crippen LogP contribution in [-0.4, -0.2) is 17.9 Å². The maximum absolute atomic E-state index is 11.6. The third kappa shape index (κ3) is 3.34. The summed E-state index contributed by atoms with van der Waals surface area (Å²) in [5.74, 6) is 0.171. The van der Waals surface area contributed by atoms with Gasteiger partial charge in [0.05, 0.1) is 12.1 Å². The zero-order valence-electron chi connectivity index (χ0n) is 12.7. The first kappa shape index (κ1) is 14.3. The fourth-order valence-corrected chi connectivity index (χ4v) is 2.29. The Balaban J connectivity index is 1.81. The molecule has 1 saturated heterocycles. The average molecular weight is 294 g/mol. The Morgan fingerprint density at radius 3 is 2.23 bits per heavy atom. The van der Waals surface area contributed by atoms with Crippen molar-refractivity contribution in [2.45, 2.75) is 26.3 Å². The summed E-state index contributed by atoms with van der Waals surface area (Å²) in [6, 6.07) is 15.6. The quantitative estimate of drug-likeness (QED) is 0.877. The molecule has 1 unspecified atom stereocenters. The molecule has 1 aliphatic rings. The first-order valence-corrected chi connectivity index (χ1v) is 7.29. The highest BCUT2D eigenvalue weighted by Gasteiger charge is 2.31. The number of ether oxygens (including phenoxy) is 1. The fraction of sp³-hybridized carbons (Fsp3) is 0.222. The lowest BCUT2D eigenvalue weighted by Gasteiger charge is -2.12. The molecule has 0 amide bonds. The van der Waals surface area contributed by atoms with Crippen molar-refractivity contribution in [3.05, 3.63) is 59.7 Å². The summed E-state index contributed by atoms with van der Waals surface area (Å²) < 4.78 is 5.25. The summed E-state index contributed by atoms with van der Waals surface area (Å²) in [5.41, 5.74) is 4.09. The van der Waals surface area contributed by atoms with Gasteiger partial charge in [0, 0.05) is 5.69 Å². The summed E-state index contributed by atoms with van der Waals surface area (Å²) in [5, 5.41) is 3.30. The number of hydrogen-bond acceptors (Lipinski definition) is 4. The molecule has 1 aliphatic heterocycles. The molecule has 112 valence electrons. The number of carbonyl (C=O) groups is 1. The lowest BCUT2D eigenvalue weighted by Crippen LogP contribution is -2.24. The van der Waals surface area contributed by atoms with Gasteiger partial charge in [0.15, 0.2) is 0 Å². The van der Waals surface area contributed by atoms with Crippen LogP contribution in [0.15, 0.2) is 53.5 Å². The normalized spacial score (nSPS) is 19.3. The highest BCUT2D eigenvalue weighted by Crippen LogP contribution is 2.21. The van der Waals surface area contributed by atoms with Crippen LogP contribution in [0.25, 0.3) is 0 Å². The molecule has 1 atom stereocenters. The predicted octanol–water partition coefficient (Wildman–Crippen LogP) is 3.76. The Morgan fingerprint density at radius 2 is 1.59 bits per heavy atom. The Labute approximate surface area is 129 Å². The molecule has 0 aromatic heterocycles. The maximum atomic E-state index is 11.6. The first-order valence-electron chi connectivity index (χ1n) is 7.29. The smallest absolute Gasteiger partial charge is 0.314 e. The molecule has 0 saturated carbocycles. The lowest BCUT2D eigenvalue weighted by molar-refractivity contribution is -0.133. The fourth-order valence-electron chi connectivity index (χ4n) is 2.29. The predicted molar refractivity (Wildman–Crippen MR) is 87.6 cm³/mol. The van der Waals surface area contributed by atoms with E-state index in [1.165, 1.54) is 11.1 Å². The van der Waals surface area contributed by atoms with Gasteiger partial charge >= 0.3 is 5.97 Å². The second kappa shape index (κ2) is 6.02. The number of esters is 1. The van der Waals surface area contributed by atoms with Crippen LogP contribution in [-0.2, 0) is 9.53 Å². The molecule has 4 nitrogen and oxygen atoms in total. The van der Waals surface area contributed by atoms with Crippen LogP contribution in [0, 0.1) is 13.8 Å². The van der Waals surface area contributed by atoms with E-state index in [0.717, 1.165) is 11.4 Å². The molecular formula is C18H18N2O2. The van der Waals surface area contributed by atoms with E-state index in [1.54, 1.807) is 0 Å². The van der Waals surface area contributed by atoms with Crippen LogP contribution in [0.3, 0.4) is 0 Å². The second-order valence-corrected chi connectivity index (χ2v) is 5.53. The number of rotatable bonds is 3. The number of hydrogen-bond donors (Lipinski definition) is 1. The lowest BCUT2D eigenvalue weighted by atomic mass is 10.2. The molecule has 1 N–H and O–H groups in total. The minimum absolute atomic E-state index is 0.225. The van der Waals surface area contributed by atoms with E-state index in [9.17, 15) is 4.79 Å². The Morgan fingerprint density at radius 1 is 1.00 bits per heavy atom. The molecule has 0 bridgehead atoms. The van der Waals surface area contributed by atoms with E-state index < -0.39 is 0 Å². The highest BCUT2D eigenvalue weighted by molar-refractivity contribution is 6.02. The molecule has 0 radical (unpaired) electrons. The summed E-state index contributed by atoms with van der Waals surface area (Å²) in [6.07, 6.45) is 0.290. The zero-order chi connectivity index (χ0) is 15.5. The number of anilines is 1. The molecule has 2 aromatic carbocycles. The van der Waals surface area contributed by atoms with E-state index in [-0.39, 0.29) is 12.0 Å². The van der Waals surface area contributed by atoms with E-state index in [1.807, 2.05) is 62.4 Å². The van der Waals surface area contributed by atoms with Crippen LogP contribution in [0.1, 0.15) is 17.5 Å². The minimum Gasteiger partial charge on any atom is -0.409 e. The van der Waals surface area contributed by atoms with Crippen LogP contribution < -0.4 is 5.32 Å². The monoisotopic (exact) mass is 294 g/mol. The summed E-state index contributed by atoms with van der Waals surface area (Å²) >= 11 is 0. The van der Waals surface area contributed by atoms with Gasteiger partial charge in [-0.15, -0.1) is 0 Å². The van der Waals surface area contributed by atoms with Crippen molar-refractivity contribution in [1.82, 2.24) is 0 Å². The standard InChI is InChI=1S/C18H18N2O2/c1-12-3-7-14(8-4-12)19-16-11-17(21)22-18(16)20-15-9-5-13(2)6-10-15/h3-10,16,19H,11H2,1-2H3. The maximum Gasteiger partial charge on any atom is 0.314 e. The van der Waals surface area contributed by atoms with Crippen LogP contribution in [0.2, 0.25) is 0 Å². The molecular weight excluding hydrogens is 276 g/mol. The van der Waals surface area contributed by atoms with Crippen molar-refractivity contribution in [2.24, 2.45) is 4.99 Å². The van der Waals surface area contributed by atoms with Gasteiger partial charge in [-0.05, 0) is 38.1 Å². The number of carbonyl (C=O) groups excluding carboxylic acids is 1. The van der Waals surface area contributed by atoms with Crippen LogP contribution >= 0.6 is 0 Å². The van der Waals surface area contributed by atoms with Crippen molar-refractivity contribution in [3.63, 3.8) is 0 Å². The first-order chi connectivity index (χ1) is 10.6. The second-order valence-electron chi connectivity index (χ2n) is 5.53. The Hall–Kier alpha value is -2.62. The molecule has 0 spiro atoms. The Bertz CT molecular complexity index is 703. The van der Waals surface area contributed by atoms with E-state index in [0.29, 0.717) is 12.3 Å². The van der Waals surface area contributed by atoms with Gasteiger partial charge in [-0.1, -0.05) is 35.4 Å². The molecule has 2 aromatic rings. The molecule has 4 heteroatoms. The van der Waals surface area contributed by atoms with E-state index in [2.05, 4.69) is 10.3 Å². The molecule has 1 fully saturated rings.